The van der Waals surface area contributed by atoms with Gasteiger partial charge in [-0.15, -0.1) is 0 Å². The summed E-state index contributed by atoms with van der Waals surface area (Å²) in [4.78, 5) is 0. The molecule has 39 heavy (non-hydrogen) atoms. The zero-order valence-corrected chi connectivity index (χ0v) is 21.3. The second kappa shape index (κ2) is 12.3. The minimum Gasteiger partial charge on any atom is -0.478 e. The first-order chi connectivity index (χ1) is 18.6. The summed E-state index contributed by atoms with van der Waals surface area (Å²) < 4.78 is 84.5. The second-order valence-corrected chi connectivity index (χ2v) is 9.29. The SMILES string of the molecule is CCCCCCc1ccc(-c2ccc3c(F)c(C#Cc4cc(F)c(OCC(F)(F)F)c(F)c4)ccc3c2)cc1. The first kappa shape index (κ1) is 28.1. The third-order valence-electron chi connectivity index (χ3n) is 6.28. The minimum atomic E-state index is -4.75. The van der Waals surface area contributed by atoms with Gasteiger partial charge >= 0.3 is 6.18 Å². The molecule has 0 amide bonds. The van der Waals surface area contributed by atoms with Crippen molar-refractivity contribution >= 4 is 10.8 Å². The molecule has 4 rings (SSSR count). The summed E-state index contributed by atoms with van der Waals surface area (Å²) in [6.07, 6.45) is 1.13. The highest BCUT2D eigenvalue weighted by atomic mass is 19.4. The maximum absolute atomic E-state index is 15.2. The third-order valence-corrected chi connectivity index (χ3v) is 6.28. The number of fused-ring (bicyclic) bond motifs is 1. The summed E-state index contributed by atoms with van der Waals surface area (Å²) in [5.74, 6) is 0.616. The summed E-state index contributed by atoms with van der Waals surface area (Å²) in [5, 5.41) is 1.01. The van der Waals surface area contributed by atoms with E-state index < -0.39 is 36.0 Å². The van der Waals surface area contributed by atoms with Gasteiger partial charge < -0.3 is 4.74 Å². The van der Waals surface area contributed by atoms with Crippen molar-refractivity contribution in [1.29, 1.82) is 0 Å². The van der Waals surface area contributed by atoms with Crippen molar-refractivity contribution in [3.63, 3.8) is 0 Å². The molecule has 0 aromatic heterocycles. The predicted octanol–water partition coefficient (Wildman–Crippen LogP) is 9.39. The third kappa shape index (κ3) is 7.35. The average Bonchev–Trinajstić information content (AvgIpc) is 2.90. The highest BCUT2D eigenvalue weighted by Gasteiger charge is 2.29. The van der Waals surface area contributed by atoms with Crippen molar-refractivity contribution < 1.29 is 31.1 Å². The number of rotatable bonds is 8. The maximum atomic E-state index is 15.2. The van der Waals surface area contributed by atoms with E-state index in [4.69, 9.17) is 0 Å². The van der Waals surface area contributed by atoms with E-state index in [0.29, 0.717) is 10.8 Å². The number of hydrogen-bond acceptors (Lipinski definition) is 1. The van der Waals surface area contributed by atoms with Gasteiger partial charge in [0.15, 0.2) is 24.0 Å². The van der Waals surface area contributed by atoms with Gasteiger partial charge in [0.2, 0.25) is 0 Å². The van der Waals surface area contributed by atoms with E-state index in [1.807, 2.05) is 12.1 Å². The van der Waals surface area contributed by atoms with E-state index in [1.165, 1.54) is 37.3 Å². The summed E-state index contributed by atoms with van der Waals surface area (Å²) in [5.41, 5.74) is 3.09. The fraction of sp³-hybridized carbons (Fsp3) is 0.250. The number of alkyl halides is 3. The van der Waals surface area contributed by atoms with Crippen LogP contribution in [0.2, 0.25) is 0 Å². The van der Waals surface area contributed by atoms with E-state index in [1.54, 1.807) is 12.1 Å². The lowest BCUT2D eigenvalue weighted by Gasteiger charge is -2.10. The van der Waals surface area contributed by atoms with Gasteiger partial charge in [-0.3, -0.25) is 0 Å². The first-order valence-electron chi connectivity index (χ1n) is 12.7. The molecule has 0 aliphatic carbocycles. The summed E-state index contributed by atoms with van der Waals surface area (Å²) >= 11 is 0. The first-order valence-corrected chi connectivity index (χ1v) is 12.7. The Balaban J connectivity index is 1.52. The molecular weight excluding hydrogens is 514 g/mol. The Morgan fingerprint density at radius 1 is 0.744 bits per heavy atom. The van der Waals surface area contributed by atoms with Gasteiger partial charge in [-0.25, -0.2) is 13.2 Å². The highest BCUT2D eigenvalue weighted by molar-refractivity contribution is 5.89. The molecule has 0 aliphatic rings. The lowest BCUT2D eigenvalue weighted by atomic mass is 9.98. The van der Waals surface area contributed by atoms with Gasteiger partial charge in [-0.1, -0.05) is 80.5 Å². The molecule has 0 unspecified atom stereocenters. The summed E-state index contributed by atoms with van der Waals surface area (Å²) in [6.45, 7) is 0.356. The topological polar surface area (TPSA) is 9.23 Å². The van der Waals surface area contributed by atoms with Crippen LogP contribution in [-0.2, 0) is 6.42 Å². The van der Waals surface area contributed by atoms with Crippen LogP contribution >= 0.6 is 0 Å². The Morgan fingerprint density at radius 3 is 2.10 bits per heavy atom. The minimum absolute atomic E-state index is 0.0147. The molecule has 0 saturated heterocycles. The summed E-state index contributed by atoms with van der Waals surface area (Å²) in [6, 6.07) is 18.4. The van der Waals surface area contributed by atoms with Crippen molar-refractivity contribution in [3.05, 3.63) is 101 Å². The van der Waals surface area contributed by atoms with Crippen LogP contribution in [0.1, 0.15) is 49.3 Å². The highest BCUT2D eigenvalue weighted by Crippen LogP contribution is 2.29. The molecule has 1 nitrogen and oxygen atoms in total. The molecule has 0 bridgehead atoms. The van der Waals surface area contributed by atoms with Gasteiger partial charge in [0, 0.05) is 10.9 Å². The molecule has 4 aromatic rings. The maximum Gasteiger partial charge on any atom is 0.422 e. The molecule has 0 atom stereocenters. The van der Waals surface area contributed by atoms with Crippen LogP contribution in [0.4, 0.5) is 26.3 Å². The van der Waals surface area contributed by atoms with Crippen molar-refractivity contribution in [1.82, 2.24) is 0 Å². The van der Waals surface area contributed by atoms with E-state index >= 15 is 4.39 Å². The molecule has 0 aliphatic heterocycles. The molecule has 202 valence electrons. The molecular formula is C32H26F6O. The lowest BCUT2D eigenvalue weighted by Crippen LogP contribution is -2.20. The van der Waals surface area contributed by atoms with Crippen LogP contribution in [0, 0.1) is 29.3 Å². The molecule has 0 N–H and O–H groups in total. The number of halogens is 6. The summed E-state index contributed by atoms with van der Waals surface area (Å²) in [7, 11) is 0. The quantitative estimate of drug-likeness (QED) is 0.123. The van der Waals surface area contributed by atoms with Gasteiger partial charge in [-0.05, 0) is 59.2 Å². The van der Waals surface area contributed by atoms with E-state index in [2.05, 4.69) is 47.8 Å². The van der Waals surface area contributed by atoms with Crippen LogP contribution in [0.15, 0.2) is 66.7 Å². The van der Waals surface area contributed by atoms with Crippen LogP contribution < -0.4 is 4.74 Å². The molecule has 4 aromatic carbocycles. The number of aryl methyl sites for hydroxylation is 1. The standard InChI is InChI=1S/C32H26F6O/c1-2-3-4-5-6-21-7-10-23(11-8-21)25-15-16-27-26(19-25)14-13-24(30(27)35)12-9-22-17-28(33)31(29(34)18-22)39-20-32(36,37)38/h7-8,10-11,13-19H,2-6,20H2,1H3. The second-order valence-electron chi connectivity index (χ2n) is 9.29. The van der Waals surface area contributed by atoms with Crippen LogP contribution in [0.25, 0.3) is 21.9 Å². The van der Waals surface area contributed by atoms with E-state index in [-0.39, 0.29) is 11.1 Å². The number of unbranched alkanes of at least 4 members (excludes halogenated alkanes) is 3. The average molecular weight is 541 g/mol. The Bertz CT molecular complexity index is 1490. The Hall–Kier alpha value is -3.92. The van der Waals surface area contributed by atoms with Crippen molar-refractivity contribution in [2.24, 2.45) is 0 Å². The molecule has 0 fully saturated rings. The monoisotopic (exact) mass is 540 g/mol. The smallest absolute Gasteiger partial charge is 0.422 e. The Labute approximate surface area is 223 Å². The van der Waals surface area contributed by atoms with Crippen LogP contribution in [0.5, 0.6) is 5.75 Å². The van der Waals surface area contributed by atoms with E-state index in [9.17, 15) is 22.0 Å². The van der Waals surface area contributed by atoms with Gasteiger partial charge in [0.05, 0.1) is 5.56 Å². The number of ether oxygens (including phenoxy) is 1. The fourth-order valence-electron chi connectivity index (χ4n) is 4.25. The van der Waals surface area contributed by atoms with Crippen molar-refractivity contribution in [2.45, 2.75) is 45.2 Å². The van der Waals surface area contributed by atoms with Crippen molar-refractivity contribution in [3.8, 4) is 28.7 Å². The lowest BCUT2D eigenvalue weighted by molar-refractivity contribution is -0.154. The van der Waals surface area contributed by atoms with E-state index in [0.717, 1.165) is 29.7 Å². The molecule has 0 saturated carbocycles. The Kier molecular flexibility index (Phi) is 8.86. The fourth-order valence-corrected chi connectivity index (χ4v) is 4.25. The zero-order valence-electron chi connectivity index (χ0n) is 21.3. The molecule has 0 spiro atoms. The van der Waals surface area contributed by atoms with Gasteiger partial charge in [0.25, 0.3) is 0 Å². The number of hydrogen-bond donors (Lipinski definition) is 0. The van der Waals surface area contributed by atoms with Crippen molar-refractivity contribution in [2.75, 3.05) is 6.61 Å². The molecule has 0 heterocycles. The van der Waals surface area contributed by atoms with Gasteiger partial charge in [-0.2, -0.15) is 13.2 Å². The number of benzene rings is 4. The largest absolute Gasteiger partial charge is 0.478 e. The normalized spacial score (nSPS) is 11.4. The molecule has 7 heteroatoms. The zero-order chi connectivity index (χ0) is 28.0. The molecule has 0 radical (unpaired) electrons. The van der Waals surface area contributed by atoms with Gasteiger partial charge in [0.1, 0.15) is 5.82 Å². The Morgan fingerprint density at radius 2 is 1.44 bits per heavy atom. The van der Waals surface area contributed by atoms with Crippen LogP contribution in [-0.4, -0.2) is 12.8 Å². The predicted molar refractivity (Wildman–Crippen MR) is 141 cm³/mol. The van der Waals surface area contributed by atoms with Crippen LogP contribution in [0.3, 0.4) is 0 Å².